The fourth-order valence-corrected chi connectivity index (χ4v) is 2.40. The lowest BCUT2D eigenvalue weighted by Crippen LogP contribution is -2.29. The van der Waals surface area contributed by atoms with Crippen LogP contribution in [-0.4, -0.2) is 19.3 Å². The van der Waals surface area contributed by atoms with Crippen molar-refractivity contribution in [3.05, 3.63) is 23.0 Å². The number of nitrogens with two attached hydrogens (primary N) is 1. The summed E-state index contributed by atoms with van der Waals surface area (Å²) in [5.74, 6) is -0.0805. The zero-order chi connectivity index (χ0) is 13.1. The summed E-state index contributed by atoms with van der Waals surface area (Å²) < 4.78 is 24.3. The smallest absolute Gasteiger partial charge is 0.144 e. The predicted octanol–water partition coefficient (Wildman–Crippen LogP) is 3.40. The molecule has 0 heterocycles. The third kappa shape index (κ3) is 3.06. The number of hydrogen-bond donors (Lipinski definition) is 1. The average molecular weight is 274 g/mol. The molecule has 100 valence electrons. The zero-order valence-electron chi connectivity index (χ0n) is 10.3. The normalized spacial score (nSPS) is 23.9. The number of anilines is 1. The molecule has 2 atom stereocenters. The van der Waals surface area contributed by atoms with Gasteiger partial charge in [-0.25, -0.2) is 4.39 Å². The van der Waals surface area contributed by atoms with E-state index in [2.05, 4.69) is 0 Å². The molecule has 1 fully saturated rings. The molecule has 0 aromatic heterocycles. The van der Waals surface area contributed by atoms with Crippen LogP contribution in [0.2, 0.25) is 5.02 Å². The van der Waals surface area contributed by atoms with Crippen LogP contribution in [0.3, 0.4) is 0 Å². The molecule has 1 aromatic rings. The van der Waals surface area contributed by atoms with Gasteiger partial charge in [0.15, 0.2) is 0 Å². The second kappa shape index (κ2) is 5.76. The van der Waals surface area contributed by atoms with Gasteiger partial charge in [-0.15, -0.1) is 0 Å². The molecular weight excluding hydrogens is 257 g/mol. The van der Waals surface area contributed by atoms with Crippen LogP contribution in [-0.2, 0) is 4.74 Å². The van der Waals surface area contributed by atoms with Crippen molar-refractivity contribution >= 4 is 17.3 Å². The molecule has 1 saturated carbocycles. The van der Waals surface area contributed by atoms with E-state index >= 15 is 0 Å². The minimum Gasteiger partial charge on any atom is -0.488 e. The Bertz CT molecular complexity index is 428. The number of ether oxygens (including phenoxy) is 2. The van der Waals surface area contributed by atoms with Crippen molar-refractivity contribution in [2.45, 2.75) is 37.9 Å². The van der Waals surface area contributed by atoms with Gasteiger partial charge in [-0.3, -0.25) is 0 Å². The van der Waals surface area contributed by atoms with E-state index < -0.39 is 5.82 Å². The number of methoxy groups -OCH3 is 1. The first-order valence-corrected chi connectivity index (χ1v) is 6.42. The molecule has 2 rings (SSSR count). The van der Waals surface area contributed by atoms with Gasteiger partial charge < -0.3 is 15.2 Å². The molecule has 0 amide bonds. The molecule has 0 spiro atoms. The quantitative estimate of drug-likeness (QED) is 0.859. The summed E-state index contributed by atoms with van der Waals surface area (Å²) >= 11 is 5.72. The van der Waals surface area contributed by atoms with Crippen LogP contribution < -0.4 is 10.5 Å². The molecular formula is C13H17ClFNO2. The molecule has 3 nitrogen and oxygen atoms in total. The van der Waals surface area contributed by atoms with Crippen molar-refractivity contribution in [2.75, 3.05) is 12.8 Å². The van der Waals surface area contributed by atoms with Gasteiger partial charge in [0.25, 0.3) is 0 Å². The van der Waals surface area contributed by atoms with Crippen molar-refractivity contribution in [1.82, 2.24) is 0 Å². The summed E-state index contributed by atoms with van der Waals surface area (Å²) in [6.07, 6.45) is 4.15. The standard InChI is InChI=1S/C13H17ClFNO2/c1-17-8-3-2-4-9(5-8)18-13-6-10(14)11(15)7-12(13)16/h6-9H,2-5,16H2,1H3. The van der Waals surface area contributed by atoms with Crippen molar-refractivity contribution < 1.29 is 13.9 Å². The lowest BCUT2D eigenvalue weighted by atomic mass is 9.95. The first-order valence-electron chi connectivity index (χ1n) is 6.04. The van der Waals surface area contributed by atoms with E-state index in [0.717, 1.165) is 25.7 Å². The molecule has 1 aliphatic rings. The van der Waals surface area contributed by atoms with Crippen LogP contribution in [0.1, 0.15) is 25.7 Å². The predicted molar refractivity (Wildman–Crippen MR) is 69.5 cm³/mol. The van der Waals surface area contributed by atoms with E-state index in [1.54, 1.807) is 7.11 Å². The van der Waals surface area contributed by atoms with E-state index in [4.69, 9.17) is 26.8 Å². The topological polar surface area (TPSA) is 44.5 Å². The number of nitrogen functional groups attached to an aromatic ring is 1. The van der Waals surface area contributed by atoms with Crippen LogP contribution in [0.25, 0.3) is 0 Å². The van der Waals surface area contributed by atoms with Gasteiger partial charge in [0.05, 0.1) is 16.8 Å². The SMILES string of the molecule is COC1CCCC(Oc2cc(Cl)c(F)cc2N)C1. The molecule has 0 bridgehead atoms. The summed E-state index contributed by atoms with van der Waals surface area (Å²) in [7, 11) is 1.70. The third-order valence-corrected chi connectivity index (χ3v) is 3.55. The fraction of sp³-hybridized carbons (Fsp3) is 0.538. The lowest BCUT2D eigenvalue weighted by molar-refractivity contribution is 0.0212. The highest BCUT2D eigenvalue weighted by Crippen LogP contribution is 2.32. The van der Waals surface area contributed by atoms with Crippen LogP contribution >= 0.6 is 11.6 Å². The maximum absolute atomic E-state index is 13.2. The maximum atomic E-state index is 13.2. The van der Waals surface area contributed by atoms with Gasteiger partial charge in [0.2, 0.25) is 0 Å². The van der Waals surface area contributed by atoms with Crippen molar-refractivity contribution in [3.63, 3.8) is 0 Å². The van der Waals surface area contributed by atoms with E-state index in [0.29, 0.717) is 5.75 Å². The van der Waals surface area contributed by atoms with Gasteiger partial charge in [-0.05, 0) is 19.3 Å². The summed E-state index contributed by atoms with van der Waals surface area (Å²) in [6, 6.07) is 2.62. The van der Waals surface area contributed by atoms with Crippen LogP contribution in [0.5, 0.6) is 5.75 Å². The Morgan fingerprint density at radius 2 is 2.06 bits per heavy atom. The average Bonchev–Trinajstić information content (AvgIpc) is 2.36. The number of rotatable bonds is 3. The van der Waals surface area contributed by atoms with Crippen LogP contribution in [0, 0.1) is 5.82 Å². The first-order chi connectivity index (χ1) is 8.60. The van der Waals surface area contributed by atoms with Crippen molar-refractivity contribution in [3.8, 4) is 5.75 Å². The van der Waals surface area contributed by atoms with E-state index in [1.165, 1.54) is 12.1 Å². The molecule has 18 heavy (non-hydrogen) atoms. The monoisotopic (exact) mass is 273 g/mol. The Morgan fingerprint density at radius 3 is 2.78 bits per heavy atom. The summed E-state index contributed by atoms with van der Waals surface area (Å²) in [5.41, 5.74) is 5.99. The van der Waals surface area contributed by atoms with E-state index in [9.17, 15) is 4.39 Å². The first kappa shape index (κ1) is 13.4. The Balaban J connectivity index is 2.07. The molecule has 2 unspecified atom stereocenters. The second-order valence-corrected chi connectivity index (χ2v) is 4.98. The highest BCUT2D eigenvalue weighted by atomic mass is 35.5. The van der Waals surface area contributed by atoms with Gasteiger partial charge in [0, 0.05) is 25.7 Å². The Hall–Kier alpha value is -1.00. The fourth-order valence-electron chi connectivity index (χ4n) is 2.25. The maximum Gasteiger partial charge on any atom is 0.144 e. The van der Waals surface area contributed by atoms with Gasteiger partial charge in [0.1, 0.15) is 17.7 Å². The van der Waals surface area contributed by atoms with Crippen LogP contribution in [0.15, 0.2) is 12.1 Å². The highest BCUT2D eigenvalue weighted by molar-refractivity contribution is 6.31. The molecule has 1 aromatic carbocycles. The zero-order valence-corrected chi connectivity index (χ0v) is 11.0. The highest BCUT2D eigenvalue weighted by Gasteiger charge is 2.23. The number of halogens is 2. The summed E-state index contributed by atoms with van der Waals surface area (Å²) in [5, 5.41) is 0.0262. The molecule has 2 N–H and O–H groups in total. The third-order valence-electron chi connectivity index (χ3n) is 3.26. The molecule has 0 saturated heterocycles. The molecule has 0 aliphatic heterocycles. The number of hydrogen-bond acceptors (Lipinski definition) is 3. The van der Waals surface area contributed by atoms with Crippen molar-refractivity contribution in [1.29, 1.82) is 0 Å². The van der Waals surface area contributed by atoms with E-state index in [-0.39, 0.29) is 22.9 Å². The largest absolute Gasteiger partial charge is 0.488 e. The Morgan fingerprint density at radius 1 is 1.33 bits per heavy atom. The van der Waals surface area contributed by atoms with Crippen LogP contribution in [0.4, 0.5) is 10.1 Å². The van der Waals surface area contributed by atoms with Gasteiger partial charge >= 0.3 is 0 Å². The molecule has 1 aliphatic carbocycles. The molecule has 5 heteroatoms. The second-order valence-electron chi connectivity index (χ2n) is 4.57. The number of benzene rings is 1. The minimum atomic E-state index is -0.528. The lowest BCUT2D eigenvalue weighted by Gasteiger charge is -2.29. The summed E-state index contributed by atoms with van der Waals surface area (Å²) in [6.45, 7) is 0. The van der Waals surface area contributed by atoms with E-state index in [1.807, 2.05) is 0 Å². The van der Waals surface area contributed by atoms with Gasteiger partial charge in [-0.2, -0.15) is 0 Å². The Kier molecular flexibility index (Phi) is 4.30. The van der Waals surface area contributed by atoms with Gasteiger partial charge in [-0.1, -0.05) is 11.6 Å². The van der Waals surface area contributed by atoms with Crippen molar-refractivity contribution in [2.24, 2.45) is 0 Å². The summed E-state index contributed by atoms with van der Waals surface area (Å²) in [4.78, 5) is 0. The molecule has 0 radical (unpaired) electrons. The minimum absolute atomic E-state index is 0.0262. The Labute approximate surface area is 111 Å².